The van der Waals surface area contributed by atoms with Crippen molar-refractivity contribution < 1.29 is 4.74 Å². The van der Waals surface area contributed by atoms with Crippen LogP contribution in [0.4, 0.5) is 17.1 Å². The van der Waals surface area contributed by atoms with E-state index in [1.807, 2.05) is 0 Å². The molecule has 2 unspecified atom stereocenters. The van der Waals surface area contributed by atoms with Crippen LogP contribution in [0.5, 0.6) is 0 Å². The standard InChI is InChI=1S/C22H29N3O/c1-15-9-21(25-11-16(2)26-17(3)12-25)7-8-22(15)23-20-6-5-18-13-24(4)14-19(18)10-20/h5-10,16-17,23H,11-14H2,1-4H3. The molecule has 138 valence electrons. The number of rotatable bonds is 3. The second-order valence-corrected chi connectivity index (χ2v) is 7.94. The van der Waals surface area contributed by atoms with Gasteiger partial charge < -0.3 is 15.0 Å². The smallest absolute Gasteiger partial charge is 0.0726 e. The summed E-state index contributed by atoms with van der Waals surface area (Å²) in [6.45, 7) is 10.5. The van der Waals surface area contributed by atoms with E-state index >= 15 is 0 Å². The second kappa shape index (κ2) is 6.93. The number of anilines is 3. The van der Waals surface area contributed by atoms with Gasteiger partial charge in [0.1, 0.15) is 0 Å². The number of fused-ring (bicyclic) bond motifs is 1. The first kappa shape index (κ1) is 17.4. The molecule has 0 aromatic heterocycles. The Labute approximate surface area is 156 Å². The summed E-state index contributed by atoms with van der Waals surface area (Å²) in [4.78, 5) is 4.78. The average molecular weight is 351 g/mol. The van der Waals surface area contributed by atoms with Crippen molar-refractivity contribution in [3.05, 3.63) is 53.1 Å². The summed E-state index contributed by atoms with van der Waals surface area (Å²) >= 11 is 0. The van der Waals surface area contributed by atoms with E-state index in [9.17, 15) is 0 Å². The predicted molar refractivity (Wildman–Crippen MR) is 108 cm³/mol. The van der Waals surface area contributed by atoms with E-state index < -0.39 is 0 Å². The zero-order chi connectivity index (χ0) is 18.3. The van der Waals surface area contributed by atoms with Crippen LogP contribution in [0.3, 0.4) is 0 Å². The lowest BCUT2D eigenvalue weighted by atomic mass is 10.1. The summed E-state index contributed by atoms with van der Waals surface area (Å²) in [5, 5.41) is 3.60. The summed E-state index contributed by atoms with van der Waals surface area (Å²) in [7, 11) is 2.17. The van der Waals surface area contributed by atoms with E-state index in [2.05, 4.69) is 79.3 Å². The normalized spacial score (nSPS) is 23.2. The third-order valence-electron chi connectivity index (χ3n) is 5.36. The van der Waals surface area contributed by atoms with Gasteiger partial charge in [0.05, 0.1) is 12.2 Å². The first-order valence-corrected chi connectivity index (χ1v) is 9.56. The molecule has 26 heavy (non-hydrogen) atoms. The zero-order valence-corrected chi connectivity index (χ0v) is 16.2. The van der Waals surface area contributed by atoms with Crippen molar-refractivity contribution in [1.29, 1.82) is 0 Å². The van der Waals surface area contributed by atoms with E-state index in [0.29, 0.717) is 0 Å². The number of nitrogens with zero attached hydrogens (tertiary/aromatic N) is 2. The molecule has 4 heteroatoms. The molecule has 0 aliphatic carbocycles. The molecule has 2 aromatic rings. The molecule has 2 atom stereocenters. The first-order valence-electron chi connectivity index (χ1n) is 9.56. The number of morpholine rings is 1. The number of ether oxygens (including phenoxy) is 1. The van der Waals surface area contributed by atoms with Crippen molar-refractivity contribution in [3.63, 3.8) is 0 Å². The molecule has 0 amide bonds. The SMILES string of the molecule is Cc1cc(N2CC(C)OC(C)C2)ccc1Nc1ccc2c(c1)CN(C)C2. The highest BCUT2D eigenvalue weighted by molar-refractivity contribution is 5.68. The Kier molecular flexibility index (Phi) is 4.63. The van der Waals surface area contributed by atoms with Gasteiger partial charge >= 0.3 is 0 Å². The number of aryl methyl sites for hydroxylation is 1. The minimum absolute atomic E-state index is 0.279. The maximum atomic E-state index is 5.86. The van der Waals surface area contributed by atoms with E-state index in [1.54, 1.807) is 0 Å². The van der Waals surface area contributed by atoms with Crippen LogP contribution < -0.4 is 10.2 Å². The van der Waals surface area contributed by atoms with Crippen LogP contribution in [0.1, 0.15) is 30.5 Å². The fraction of sp³-hybridized carbons (Fsp3) is 0.455. The van der Waals surface area contributed by atoms with Crippen molar-refractivity contribution in [3.8, 4) is 0 Å². The molecule has 0 saturated carbocycles. The third-order valence-corrected chi connectivity index (χ3v) is 5.36. The average Bonchev–Trinajstić information content (AvgIpc) is 2.95. The van der Waals surface area contributed by atoms with Crippen LogP contribution in [0.2, 0.25) is 0 Å². The minimum Gasteiger partial charge on any atom is -0.372 e. The van der Waals surface area contributed by atoms with Gasteiger partial charge in [-0.05, 0) is 74.8 Å². The highest BCUT2D eigenvalue weighted by atomic mass is 16.5. The fourth-order valence-corrected chi connectivity index (χ4v) is 4.17. The lowest BCUT2D eigenvalue weighted by molar-refractivity contribution is -0.00521. The highest BCUT2D eigenvalue weighted by Gasteiger charge is 2.22. The largest absolute Gasteiger partial charge is 0.372 e. The van der Waals surface area contributed by atoms with E-state index in [4.69, 9.17) is 4.74 Å². The molecule has 2 aliphatic rings. The van der Waals surface area contributed by atoms with Gasteiger partial charge in [0.15, 0.2) is 0 Å². The summed E-state index contributed by atoms with van der Waals surface area (Å²) in [6, 6.07) is 13.4. The molecule has 0 bridgehead atoms. The summed E-state index contributed by atoms with van der Waals surface area (Å²) in [5.74, 6) is 0. The minimum atomic E-state index is 0.279. The van der Waals surface area contributed by atoms with Crippen LogP contribution >= 0.6 is 0 Å². The molecule has 2 heterocycles. The van der Waals surface area contributed by atoms with Gasteiger partial charge in [0.25, 0.3) is 0 Å². The lowest BCUT2D eigenvalue weighted by Crippen LogP contribution is -2.45. The lowest BCUT2D eigenvalue weighted by Gasteiger charge is -2.37. The van der Waals surface area contributed by atoms with Crippen molar-refractivity contribution in [2.45, 2.75) is 46.1 Å². The van der Waals surface area contributed by atoms with E-state index in [0.717, 1.165) is 26.2 Å². The fourth-order valence-electron chi connectivity index (χ4n) is 4.17. The van der Waals surface area contributed by atoms with Crippen molar-refractivity contribution in [1.82, 2.24) is 4.90 Å². The Morgan fingerprint density at radius 1 is 0.962 bits per heavy atom. The second-order valence-electron chi connectivity index (χ2n) is 7.94. The Hall–Kier alpha value is -2.04. The van der Waals surface area contributed by atoms with Gasteiger partial charge in [-0.15, -0.1) is 0 Å². The number of hydrogen-bond donors (Lipinski definition) is 1. The Balaban J connectivity index is 1.51. The Bertz CT molecular complexity index is 794. The molecule has 1 N–H and O–H groups in total. The topological polar surface area (TPSA) is 27.7 Å². The van der Waals surface area contributed by atoms with Crippen molar-refractivity contribution in [2.75, 3.05) is 30.4 Å². The molecule has 1 fully saturated rings. The summed E-state index contributed by atoms with van der Waals surface area (Å²) in [5.41, 5.74) is 7.78. The predicted octanol–water partition coefficient (Wildman–Crippen LogP) is 4.30. The highest BCUT2D eigenvalue weighted by Crippen LogP contribution is 2.30. The monoisotopic (exact) mass is 351 g/mol. The maximum absolute atomic E-state index is 5.86. The Morgan fingerprint density at radius 3 is 2.42 bits per heavy atom. The van der Waals surface area contributed by atoms with Gasteiger partial charge in [0.2, 0.25) is 0 Å². The van der Waals surface area contributed by atoms with E-state index in [1.165, 1.54) is 33.8 Å². The van der Waals surface area contributed by atoms with E-state index in [-0.39, 0.29) is 12.2 Å². The van der Waals surface area contributed by atoms with Gasteiger partial charge in [-0.2, -0.15) is 0 Å². The van der Waals surface area contributed by atoms with Crippen LogP contribution in [0.25, 0.3) is 0 Å². The molecule has 0 radical (unpaired) electrons. The molecular weight excluding hydrogens is 322 g/mol. The van der Waals surface area contributed by atoms with Gasteiger partial charge in [0, 0.05) is 43.2 Å². The van der Waals surface area contributed by atoms with Gasteiger partial charge in [-0.1, -0.05) is 6.07 Å². The third kappa shape index (κ3) is 3.57. The molecule has 2 aromatic carbocycles. The number of nitrogens with one attached hydrogen (secondary N) is 1. The van der Waals surface area contributed by atoms with Crippen LogP contribution in [0.15, 0.2) is 36.4 Å². The molecule has 4 nitrogen and oxygen atoms in total. The Morgan fingerprint density at radius 2 is 1.69 bits per heavy atom. The van der Waals surface area contributed by atoms with Crippen molar-refractivity contribution >= 4 is 17.1 Å². The molecular formula is C22H29N3O. The summed E-state index contributed by atoms with van der Waals surface area (Å²) < 4.78 is 5.86. The molecule has 2 aliphatic heterocycles. The first-order chi connectivity index (χ1) is 12.5. The number of benzene rings is 2. The quantitative estimate of drug-likeness (QED) is 0.892. The molecule has 1 saturated heterocycles. The van der Waals surface area contributed by atoms with Crippen LogP contribution in [-0.2, 0) is 17.8 Å². The zero-order valence-electron chi connectivity index (χ0n) is 16.2. The van der Waals surface area contributed by atoms with Gasteiger partial charge in [-0.25, -0.2) is 0 Å². The molecule has 0 spiro atoms. The maximum Gasteiger partial charge on any atom is 0.0726 e. The molecule has 4 rings (SSSR count). The number of hydrogen-bond acceptors (Lipinski definition) is 4. The van der Waals surface area contributed by atoms with Crippen LogP contribution in [0, 0.1) is 6.92 Å². The summed E-state index contributed by atoms with van der Waals surface area (Å²) in [6.07, 6.45) is 0.558. The van der Waals surface area contributed by atoms with Gasteiger partial charge in [-0.3, -0.25) is 4.90 Å². The van der Waals surface area contributed by atoms with Crippen LogP contribution in [-0.4, -0.2) is 37.2 Å². The van der Waals surface area contributed by atoms with Crippen molar-refractivity contribution in [2.24, 2.45) is 0 Å².